The van der Waals surface area contributed by atoms with Gasteiger partial charge in [0, 0.05) is 38.3 Å². The number of rotatable bonds is 5. The summed E-state index contributed by atoms with van der Waals surface area (Å²) >= 11 is 1.67. The van der Waals surface area contributed by atoms with Crippen LogP contribution < -0.4 is 5.32 Å². The fourth-order valence-electron chi connectivity index (χ4n) is 1.84. The van der Waals surface area contributed by atoms with Gasteiger partial charge in [0.05, 0.1) is 12.6 Å². The fourth-order valence-corrected chi connectivity index (χ4v) is 2.51. The Kier molecular flexibility index (Phi) is 3.91. The molecule has 16 heavy (non-hydrogen) atoms. The van der Waals surface area contributed by atoms with Crippen molar-refractivity contribution < 1.29 is 9.47 Å². The molecule has 5 heteroatoms. The SMILES string of the molecule is COC1(CNC(C)c2nccs2)CCOC1. The van der Waals surface area contributed by atoms with Crippen molar-refractivity contribution in [2.75, 3.05) is 26.9 Å². The summed E-state index contributed by atoms with van der Waals surface area (Å²) in [5.41, 5.74) is -0.147. The summed E-state index contributed by atoms with van der Waals surface area (Å²) in [5, 5.41) is 6.58. The van der Waals surface area contributed by atoms with E-state index < -0.39 is 0 Å². The van der Waals surface area contributed by atoms with Crippen LogP contribution in [-0.4, -0.2) is 37.5 Å². The summed E-state index contributed by atoms with van der Waals surface area (Å²) in [6.07, 6.45) is 2.80. The van der Waals surface area contributed by atoms with Crippen LogP contribution in [0.1, 0.15) is 24.4 Å². The molecular weight excluding hydrogens is 224 g/mol. The van der Waals surface area contributed by atoms with Gasteiger partial charge in [0.1, 0.15) is 10.6 Å². The third-order valence-corrected chi connectivity index (χ3v) is 4.01. The zero-order chi connectivity index (χ0) is 11.4. The van der Waals surface area contributed by atoms with Crippen LogP contribution in [-0.2, 0) is 9.47 Å². The molecule has 1 aliphatic rings. The summed E-state index contributed by atoms with van der Waals surface area (Å²) in [5.74, 6) is 0. The Morgan fingerprint density at radius 3 is 3.19 bits per heavy atom. The van der Waals surface area contributed by atoms with Crippen LogP contribution in [0.5, 0.6) is 0 Å². The molecule has 0 aliphatic carbocycles. The van der Waals surface area contributed by atoms with Crippen molar-refractivity contribution in [2.24, 2.45) is 0 Å². The van der Waals surface area contributed by atoms with Gasteiger partial charge in [-0.2, -0.15) is 0 Å². The van der Waals surface area contributed by atoms with Gasteiger partial charge < -0.3 is 14.8 Å². The van der Waals surface area contributed by atoms with Crippen molar-refractivity contribution in [2.45, 2.75) is 25.0 Å². The first kappa shape index (κ1) is 12.0. The van der Waals surface area contributed by atoms with Crippen molar-refractivity contribution in [3.05, 3.63) is 16.6 Å². The fraction of sp³-hybridized carbons (Fsp3) is 0.727. The Morgan fingerprint density at radius 2 is 2.62 bits per heavy atom. The average molecular weight is 242 g/mol. The highest BCUT2D eigenvalue weighted by atomic mass is 32.1. The molecule has 0 saturated carbocycles. The number of methoxy groups -OCH3 is 1. The first-order chi connectivity index (χ1) is 7.76. The zero-order valence-corrected chi connectivity index (χ0v) is 10.5. The van der Waals surface area contributed by atoms with E-state index in [1.807, 2.05) is 11.6 Å². The van der Waals surface area contributed by atoms with Gasteiger partial charge in [0.25, 0.3) is 0 Å². The van der Waals surface area contributed by atoms with E-state index in [0.717, 1.165) is 24.6 Å². The smallest absolute Gasteiger partial charge is 0.109 e. The predicted molar refractivity (Wildman–Crippen MR) is 63.7 cm³/mol. The molecule has 0 aromatic carbocycles. The maximum atomic E-state index is 5.56. The molecular formula is C11H18N2O2S. The van der Waals surface area contributed by atoms with Crippen LogP contribution in [0.25, 0.3) is 0 Å². The van der Waals surface area contributed by atoms with E-state index in [9.17, 15) is 0 Å². The lowest BCUT2D eigenvalue weighted by Crippen LogP contribution is -2.43. The van der Waals surface area contributed by atoms with Gasteiger partial charge in [-0.15, -0.1) is 11.3 Å². The van der Waals surface area contributed by atoms with Gasteiger partial charge in [-0.25, -0.2) is 4.98 Å². The van der Waals surface area contributed by atoms with E-state index >= 15 is 0 Å². The van der Waals surface area contributed by atoms with Crippen molar-refractivity contribution in [3.63, 3.8) is 0 Å². The molecule has 2 unspecified atom stereocenters. The molecule has 90 valence electrons. The summed E-state index contributed by atoms with van der Waals surface area (Å²) in [6, 6.07) is 0.271. The molecule has 1 saturated heterocycles. The van der Waals surface area contributed by atoms with Crippen molar-refractivity contribution >= 4 is 11.3 Å². The van der Waals surface area contributed by atoms with Crippen molar-refractivity contribution in [1.29, 1.82) is 0 Å². The van der Waals surface area contributed by atoms with E-state index in [1.54, 1.807) is 18.4 Å². The third-order valence-electron chi connectivity index (χ3n) is 3.05. The van der Waals surface area contributed by atoms with Gasteiger partial charge in [0.2, 0.25) is 0 Å². The number of hydrogen-bond donors (Lipinski definition) is 1. The molecule has 1 aromatic rings. The van der Waals surface area contributed by atoms with E-state index in [0.29, 0.717) is 6.61 Å². The maximum Gasteiger partial charge on any atom is 0.109 e. The normalized spacial score (nSPS) is 27.1. The monoisotopic (exact) mass is 242 g/mol. The maximum absolute atomic E-state index is 5.56. The van der Waals surface area contributed by atoms with Crippen molar-refractivity contribution in [3.8, 4) is 0 Å². The first-order valence-corrected chi connectivity index (χ1v) is 6.39. The second-order valence-corrected chi connectivity index (χ2v) is 5.09. The average Bonchev–Trinajstić information content (AvgIpc) is 2.98. The van der Waals surface area contributed by atoms with Gasteiger partial charge >= 0.3 is 0 Å². The lowest BCUT2D eigenvalue weighted by atomic mass is 10.0. The highest BCUT2D eigenvalue weighted by Crippen LogP contribution is 2.23. The summed E-state index contributed by atoms with van der Waals surface area (Å²) in [6.45, 7) is 4.41. The van der Waals surface area contributed by atoms with Gasteiger partial charge in [0.15, 0.2) is 0 Å². The minimum absolute atomic E-state index is 0.147. The Morgan fingerprint density at radius 1 is 1.75 bits per heavy atom. The summed E-state index contributed by atoms with van der Waals surface area (Å²) < 4.78 is 11.0. The second kappa shape index (κ2) is 5.23. The Bertz CT molecular complexity index is 310. The van der Waals surface area contributed by atoms with Gasteiger partial charge in [-0.3, -0.25) is 0 Å². The molecule has 4 nitrogen and oxygen atoms in total. The topological polar surface area (TPSA) is 43.4 Å². The van der Waals surface area contributed by atoms with E-state index in [1.165, 1.54) is 0 Å². The molecule has 2 rings (SSSR count). The van der Waals surface area contributed by atoms with Crippen LogP contribution >= 0.6 is 11.3 Å². The van der Waals surface area contributed by atoms with E-state index in [4.69, 9.17) is 9.47 Å². The quantitative estimate of drug-likeness (QED) is 0.851. The first-order valence-electron chi connectivity index (χ1n) is 5.51. The van der Waals surface area contributed by atoms with Crippen LogP contribution in [0.15, 0.2) is 11.6 Å². The van der Waals surface area contributed by atoms with Gasteiger partial charge in [-0.1, -0.05) is 0 Å². The lowest BCUT2D eigenvalue weighted by Gasteiger charge is -2.27. The van der Waals surface area contributed by atoms with E-state index in [2.05, 4.69) is 17.2 Å². The lowest BCUT2D eigenvalue weighted by molar-refractivity contribution is -0.0172. The van der Waals surface area contributed by atoms with Crippen LogP contribution in [0.4, 0.5) is 0 Å². The molecule has 1 aromatic heterocycles. The minimum atomic E-state index is -0.147. The highest BCUT2D eigenvalue weighted by Gasteiger charge is 2.35. The van der Waals surface area contributed by atoms with Gasteiger partial charge in [-0.05, 0) is 6.92 Å². The Labute approximate surface area is 100.0 Å². The standard InChI is InChI=1S/C11H18N2O2S/c1-9(10-12-4-6-16-10)13-7-11(14-2)3-5-15-8-11/h4,6,9,13H,3,5,7-8H2,1-2H3. The second-order valence-electron chi connectivity index (χ2n) is 4.16. The molecule has 0 bridgehead atoms. The molecule has 1 aliphatic heterocycles. The third kappa shape index (κ3) is 2.60. The minimum Gasteiger partial charge on any atom is -0.378 e. The molecule has 0 amide bonds. The zero-order valence-electron chi connectivity index (χ0n) is 9.73. The highest BCUT2D eigenvalue weighted by molar-refractivity contribution is 7.09. The van der Waals surface area contributed by atoms with Crippen LogP contribution in [0.3, 0.4) is 0 Å². The van der Waals surface area contributed by atoms with E-state index in [-0.39, 0.29) is 11.6 Å². The van der Waals surface area contributed by atoms with Crippen LogP contribution in [0, 0.1) is 0 Å². The van der Waals surface area contributed by atoms with Crippen LogP contribution in [0.2, 0.25) is 0 Å². The number of nitrogens with zero attached hydrogens (tertiary/aromatic N) is 1. The summed E-state index contributed by atoms with van der Waals surface area (Å²) in [7, 11) is 1.75. The Hall–Kier alpha value is -0.490. The van der Waals surface area contributed by atoms with Crippen molar-refractivity contribution in [1.82, 2.24) is 10.3 Å². The number of hydrogen-bond acceptors (Lipinski definition) is 5. The molecule has 0 radical (unpaired) electrons. The molecule has 0 spiro atoms. The number of ether oxygens (including phenoxy) is 2. The summed E-state index contributed by atoms with van der Waals surface area (Å²) in [4.78, 5) is 4.29. The molecule has 2 heterocycles. The molecule has 2 atom stereocenters. The largest absolute Gasteiger partial charge is 0.378 e. The Balaban J connectivity index is 1.86. The molecule has 1 N–H and O–H groups in total. The predicted octanol–water partition coefficient (Wildman–Crippen LogP) is 1.60. The number of thiazole rings is 1. The number of nitrogens with one attached hydrogen (secondary N) is 1. The molecule has 1 fully saturated rings. The number of aromatic nitrogens is 1.